The van der Waals surface area contributed by atoms with E-state index in [2.05, 4.69) is 10.2 Å². The smallest absolute Gasteiger partial charge is 0.220 e. The summed E-state index contributed by atoms with van der Waals surface area (Å²) in [7, 11) is 0. The largest absolute Gasteiger partial charge is 0.393 e. The van der Waals surface area contributed by atoms with Crippen LogP contribution in [0.5, 0.6) is 0 Å². The summed E-state index contributed by atoms with van der Waals surface area (Å²) in [6.45, 7) is 3.00. The van der Waals surface area contributed by atoms with Crippen molar-refractivity contribution in [2.45, 2.75) is 89.2 Å². The quantitative estimate of drug-likeness (QED) is 0.537. The van der Waals surface area contributed by atoms with Crippen LogP contribution in [-0.2, 0) is 4.79 Å². The number of hydrogen-bond acceptors (Lipinski definition) is 4. The van der Waals surface area contributed by atoms with Crippen LogP contribution >= 0.6 is 0 Å². The number of rotatable bonds is 8. The second kappa shape index (κ2) is 12.3. The van der Waals surface area contributed by atoms with Gasteiger partial charge in [0.05, 0.1) is 6.10 Å². The first kappa shape index (κ1) is 25.3. The van der Waals surface area contributed by atoms with Crippen LogP contribution in [0, 0.1) is 23.6 Å². The second-order valence-corrected chi connectivity index (χ2v) is 11.0. The van der Waals surface area contributed by atoms with Crippen molar-refractivity contribution in [2.75, 3.05) is 19.6 Å². The molecule has 0 spiro atoms. The molecule has 3 aliphatic rings. The Hall–Kier alpha value is -1.79. The van der Waals surface area contributed by atoms with Gasteiger partial charge in [-0.1, -0.05) is 6.42 Å². The molecule has 1 amide bonds. The highest BCUT2D eigenvalue weighted by atomic mass is 19.1. The minimum absolute atomic E-state index is 0.0534. The van der Waals surface area contributed by atoms with Crippen molar-refractivity contribution in [3.8, 4) is 0 Å². The number of hydrogen-bond donors (Lipinski definition) is 2. The van der Waals surface area contributed by atoms with Gasteiger partial charge in [-0.2, -0.15) is 0 Å². The lowest BCUT2D eigenvalue weighted by Crippen LogP contribution is -2.40. The third-order valence-corrected chi connectivity index (χ3v) is 8.38. The molecule has 1 saturated heterocycles. The van der Waals surface area contributed by atoms with Crippen LogP contribution in [0.4, 0.5) is 4.39 Å². The van der Waals surface area contributed by atoms with E-state index in [4.69, 9.17) is 0 Å². The second-order valence-electron chi connectivity index (χ2n) is 11.0. The molecule has 0 aromatic heterocycles. The molecule has 1 heterocycles. The first-order valence-electron chi connectivity index (χ1n) is 13.5. The molecular weight excluding hydrogens is 431 g/mol. The molecule has 2 atom stereocenters. The number of nitrogens with zero attached hydrogens (tertiary/aromatic N) is 1. The first-order chi connectivity index (χ1) is 16.5. The summed E-state index contributed by atoms with van der Waals surface area (Å²) in [6.07, 6.45) is 11.5. The standard InChI is InChI=1S/C28H41FN2O3/c29-24-8-6-22(7-9-24)28(34)23-13-16-31(17-14-23)15-12-20-4-10-25(11-5-20)30-27(33)19-21-2-1-3-26(32)18-21/h6-9,20-21,23,25-26,32H,1-5,10-19H2,(H,30,33)/t20?,21-,25?,26-/m1/s1. The lowest BCUT2D eigenvalue weighted by atomic mass is 9.83. The van der Waals surface area contributed by atoms with Crippen molar-refractivity contribution in [1.29, 1.82) is 0 Å². The van der Waals surface area contributed by atoms with Gasteiger partial charge in [0, 0.05) is 23.9 Å². The highest BCUT2D eigenvalue weighted by molar-refractivity contribution is 5.97. The van der Waals surface area contributed by atoms with E-state index in [1.807, 2.05) is 0 Å². The van der Waals surface area contributed by atoms with Gasteiger partial charge in [-0.05, 0) is 120 Å². The molecule has 188 valence electrons. The number of Topliss-reactive ketones (excluding diaryl/α,β-unsaturated/α-hetero) is 1. The molecular formula is C28H41FN2O3. The number of ketones is 1. The Morgan fingerprint density at radius 1 is 0.941 bits per heavy atom. The minimum atomic E-state index is -0.303. The topological polar surface area (TPSA) is 69.6 Å². The Morgan fingerprint density at radius 3 is 2.32 bits per heavy atom. The number of nitrogens with one attached hydrogen (secondary N) is 1. The van der Waals surface area contributed by atoms with Crippen LogP contribution in [0.25, 0.3) is 0 Å². The van der Waals surface area contributed by atoms with Gasteiger partial charge in [0.2, 0.25) is 5.91 Å². The zero-order valence-electron chi connectivity index (χ0n) is 20.4. The van der Waals surface area contributed by atoms with Gasteiger partial charge >= 0.3 is 0 Å². The molecule has 0 unspecified atom stereocenters. The molecule has 2 aliphatic carbocycles. The number of aliphatic hydroxyl groups is 1. The van der Waals surface area contributed by atoms with Crippen LogP contribution in [0.15, 0.2) is 24.3 Å². The van der Waals surface area contributed by atoms with Crippen molar-refractivity contribution >= 4 is 11.7 Å². The van der Waals surface area contributed by atoms with Crippen molar-refractivity contribution in [3.63, 3.8) is 0 Å². The Kier molecular flexibility index (Phi) is 9.12. The van der Waals surface area contributed by atoms with E-state index in [9.17, 15) is 19.1 Å². The molecule has 1 aromatic carbocycles. The predicted octanol–water partition coefficient (Wildman–Crippen LogP) is 4.73. The average Bonchev–Trinajstić information content (AvgIpc) is 2.84. The maximum Gasteiger partial charge on any atom is 0.220 e. The Morgan fingerprint density at radius 2 is 1.65 bits per heavy atom. The summed E-state index contributed by atoms with van der Waals surface area (Å²) >= 11 is 0. The van der Waals surface area contributed by atoms with Crippen LogP contribution in [-0.4, -0.2) is 53.5 Å². The molecule has 0 radical (unpaired) electrons. The van der Waals surface area contributed by atoms with Gasteiger partial charge in [-0.15, -0.1) is 0 Å². The number of carbonyl (C=O) groups is 2. The fourth-order valence-electron chi connectivity index (χ4n) is 6.23. The van der Waals surface area contributed by atoms with E-state index in [1.54, 1.807) is 12.1 Å². The fourth-order valence-corrected chi connectivity index (χ4v) is 6.23. The molecule has 2 N–H and O–H groups in total. The molecule has 3 fully saturated rings. The maximum atomic E-state index is 13.1. The zero-order chi connectivity index (χ0) is 23.9. The third kappa shape index (κ3) is 7.35. The van der Waals surface area contributed by atoms with E-state index < -0.39 is 0 Å². The van der Waals surface area contributed by atoms with Crippen molar-refractivity contribution < 1.29 is 19.1 Å². The van der Waals surface area contributed by atoms with Crippen LogP contribution in [0.2, 0.25) is 0 Å². The van der Waals surface area contributed by atoms with E-state index in [1.165, 1.54) is 31.4 Å². The molecule has 6 heteroatoms. The number of halogens is 1. The normalized spacial score (nSPS) is 29.0. The molecule has 1 aliphatic heterocycles. The van der Waals surface area contributed by atoms with Crippen molar-refractivity contribution in [3.05, 3.63) is 35.6 Å². The third-order valence-electron chi connectivity index (χ3n) is 8.38. The summed E-state index contributed by atoms with van der Waals surface area (Å²) in [5, 5.41) is 13.1. The molecule has 4 rings (SSSR count). The summed E-state index contributed by atoms with van der Waals surface area (Å²) in [4.78, 5) is 27.6. The zero-order valence-corrected chi connectivity index (χ0v) is 20.4. The van der Waals surface area contributed by atoms with Gasteiger partial charge in [0.25, 0.3) is 0 Å². The SMILES string of the molecule is O=C(C[C@@H]1CCC[C@@H](O)C1)NC1CCC(CCN2CCC(C(=O)c3ccc(F)cc3)CC2)CC1. The Balaban J connectivity index is 1.09. The number of amides is 1. The average molecular weight is 473 g/mol. The maximum absolute atomic E-state index is 13.1. The van der Waals surface area contributed by atoms with Gasteiger partial charge in [0.1, 0.15) is 5.82 Å². The lowest BCUT2D eigenvalue weighted by molar-refractivity contribution is -0.123. The summed E-state index contributed by atoms with van der Waals surface area (Å²) in [5.74, 6) is 1.14. The highest BCUT2D eigenvalue weighted by Gasteiger charge is 2.28. The van der Waals surface area contributed by atoms with Crippen molar-refractivity contribution in [1.82, 2.24) is 10.2 Å². The number of benzene rings is 1. The van der Waals surface area contributed by atoms with E-state index in [-0.39, 0.29) is 29.5 Å². The minimum Gasteiger partial charge on any atom is -0.393 e. The number of aliphatic hydroxyl groups excluding tert-OH is 1. The molecule has 0 bridgehead atoms. The lowest BCUT2D eigenvalue weighted by Gasteiger charge is -2.34. The monoisotopic (exact) mass is 472 g/mol. The first-order valence-corrected chi connectivity index (χ1v) is 13.5. The van der Waals surface area contributed by atoms with E-state index >= 15 is 0 Å². The van der Waals surface area contributed by atoms with Gasteiger partial charge in [0.15, 0.2) is 5.78 Å². The molecule has 1 aromatic rings. The van der Waals surface area contributed by atoms with Crippen molar-refractivity contribution in [2.24, 2.45) is 17.8 Å². The number of likely N-dealkylation sites (tertiary alicyclic amines) is 1. The summed E-state index contributed by atoms with van der Waals surface area (Å²) in [5.41, 5.74) is 0.625. The fraction of sp³-hybridized carbons (Fsp3) is 0.714. The van der Waals surface area contributed by atoms with Crippen LogP contribution < -0.4 is 5.32 Å². The molecule has 34 heavy (non-hydrogen) atoms. The van der Waals surface area contributed by atoms with Gasteiger partial charge in [-0.3, -0.25) is 9.59 Å². The molecule has 5 nitrogen and oxygen atoms in total. The molecule has 2 saturated carbocycles. The number of carbonyl (C=O) groups excluding carboxylic acids is 2. The van der Waals surface area contributed by atoms with Crippen LogP contribution in [0.1, 0.15) is 87.4 Å². The summed E-state index contributed by atoms with van der Waals surface area (Å²) < 4.78 is 13.1. The van der Waals surface area contributed by atoms with Crippen LogP contribution in [0.3, 0.4) is 0 Å². The Bertz CT molecular complexity index is 798. The van der Waals surface area contributed by atoms with E-state index in [0.717, 1.165) is 76.9 Å². The number of piperidine rings is 1. The predicted molar refractivity (Wildman–Crippen MR) is 131 cm³/mol. The van der Waals surface area contributed by atoms with E-state index in [0.29, 0.717) is 23.9 Å². The van der Waals surface area contributed by atoms with Gasteiger partial charge in [-0.25, -0.2) is 4.39 Å². The highest BCUT2D eigenvalue weighted by Crippen LogP contribution is 2.30. The Labute approximate surface area is 203 Å². The summed E-state index contributed by atoms with van der Waals surface area (Å²) in [6, 6.07) is 6.24. The van der Waals surface area contributed by atoms with Gasteiger partial charge < -0.3 is 15.3 Å².